The maximum atomic E-state index is 8.74. The van der Waals surface area contributed by atoms with Gasteiger partial charge in [0, 0.05) is 32.5 Å². The predicted octanol–water partition coefficient (Wildman–Crippen LogP) is 2.86. The first-order valence-electron chi connectivity index (χ1n) is 7.03. The summed E-state index contributed by atoms with van der Waals surface area (Å²) < 4.78 is 5.97. The van der Waals surface area contributed by atoms with Crippen LogP contribution in [0.4, 0.5) is 0 Å². The highest BCUT2D eigenvalue weighted by molar-refractivity contribution is 5.37. The first-order valence-corrected chi connectivity index (χ1v) is 7.03. The van der Waals surface area contributed by atoms with E-state index >= 15 is 0 Å². The fourth-order valence-electron chi connectivity index (χ4n) is 2.63. The summed E-state index contributed by atoms with van der Waals surface area (Å²) in [6.45, 7) is 7.20. The minimum Gasteiger partial charge on any atom is -0.488 e. The first-order chi connectivity index (χ1) is 9.19. The Bertz CT molecular complexity index is 425. The van der Waals surface area contributed by atoms with Gasteiger partial charge in [-0.1, -0.05) is 32.0 Å². The van der Waals surface area contributed by atoms with E-state index in [1.807, 2.05) is 12.1 Å². The highest BCUT2D eigenvalue weighted by atomic mass is 16.5. The van der Waals surface area contributed by atoms with Crippen LogP contribution in [0.1, 0.15) is 25.8 Å². The van der Waals surface area contributed by atoms with E-state index in [0.29, 0.717) is 12.3 Å². The third-order valence-corrected chi connectivity index (χ3v) is 3.34. The molecule has 2 rings (SSSR count). The minimum atomic E-state index is 0.231. The average molecular weight is 258 g/mol. The topological polar surface area (TPSA) is 36.3 Å². The van der Waals surface area contributed by atoms with Gasteiger partial charge in [-0.25, -0.2) is 0 Å². The Labute approximate surface area is 115 Å². The summed E-state index contributed by atoms with van der Waals surface area (Å²) in [5.41, 5.74) is 1.30. The number of hydrogen-bond donors (Lipinski definition) is 0. The molecule has 0 radical (unpaired) electrons. The fourth-order valence-corrected chi connectivity index (χ4v) is 2.63. The Morgan fingerprint density at radius 3 is 2.89 bits per heavy atom. The monoisotopic (exact) mass is 258 g/mol. The van der Waals surface area contributed by atoms with Gasteiger partial charge in [-0.15, -0.1) is 0 Å². The number of ether oxygens (including phenoxy) is 1. The van der Waals surface area contributed by atoms with Crippen molar-refractivity contribution in [3.8, 4) is 11.8 Å². The number of rotatable bonds is 6. The number of nitrogens with zero attached hydrogens (tertiary/aromatic N) is 2. The van der Waals surface area contributed by atoms with Crippen LogP contribution in [0.25, 0.3) is 0 Å². The molecule has 1 aromatic carbocycles. The number of nitriles is 1. The number of fused-ring (bicyclic) bond motifs is 1. The Hall–Kier alpha value is -1.53. The van der Waals surface area contributed by atoms with E-state index in [4.69, 9.17) is 10.00 Å². The molecule has 3 heteroatoms. The van der Waals surface area contributed by atoms with Crippen LogP contribution in [-0.4, -0.2) is 30.6 Å². The molecule has 1 heterocycles. The van der Waals surface area contributed by atoms with Gasteiger partial charge >= 0.3 is 0 Å². The van der Waals surface area contributed by atoms with Gasteiger partial charge in [0.05, 0.1) is 6.07 Å². The lowest BCUT2D eigenvalue weighted by atomic mass is 10.1. The second-order valence-corrected chi connectivity index (χ2v) is 5.61. The fraction of sp³-hybridized carbons (Fsp3) is 0.562. The smallest absolute Gasteiger partial charge is 0.123 e. The third-order valence-electron chi connectivity index (χ3n) is 3.34. The quantitative estimate of drug-likeness (QED) is 0.787. The molecule has 0 aliphatic carbocycles. The van der Waals surface area contributed by atoms with Crippen molar-refractivity contribution in [3.05, 3.63) is 29.8 Å². The zero-order valence-corrected chi connectivity index (χ0v) is 11.8. The summed E-state index contributed by atoms with van der Waals surface area (Å²) in [4.78, 5) is 2.35. The Balaban J connectivity index is 1.90. The highest BCUT2D eigenvalue weighted by Gasteiger charge is 2.24. The molecule has 1 unspecified atom stereocenters. The van der Waals surface area contributed by atoms with Crippen molar-refractivity contribution in [2.24, 2.45) is 5.92 Å². The second kappa shape index (κ2) is 6.58. The molecule has 19 heavy (non-hydrogen) atoms. The first kappa shape index (κ1) is 13.9. The van der Waals surface area contributed by atoms with Gasteiger partial charge in [0.15, 0.2) is 0 Å². The lowest BCUT2D eigenvalue weighted by molar-refractivity contribution is 0.142. The van der Waals surface area contributed by atoms with E-state index in [2.05, 4.69) is 36.9 Å². The third kappa shape index (κ3) is 3.97. The molecule has 0 amide bonds. The standard InChI is InChI=1S/C16H22N2O/c1-13(2)11-18(9-5-8-17)12-15-10-14-6-3-4-7-16(14)19-15/h3-4,6-7,13,15H,5,9-12H2,1-2H3. The van der Waals surface area contributed by atoms with Gasteiger partial charge in [-0.2, -0.15) is 5.26 Å². The maximum Gasteiger partial charge on any atom is 0.123 e. The van der Waals surface area contributed by atoms with Crippen LogP contribution in [0.5, 0.6) is 5.75 Å². The summed E-state index contributed by atoms with van der Waals surface area (Å²) in [6, 6.07) is 10.5. The maximum absolute atomic E-state index is 8.74. The molecular formula is C16H22N2O. The van der Waals surface area contributed by atoms with Crippen molar-refractivity contribution in [1.29, 1.82) is 5.26 Å². The molecule has 0 spiro atoms. The van der Waals surface area contributed by atoms with Crippen LogP contribution in [0, 0.1) is 17.2 Å². The van der Waals surface area contributed by atoms with E-state index in [-0.39, 0.29) is 6.10 Å². The lowest BCUT2D eigenvalue weighted by Crippen LogP contribution is -2.37. The van der Waals surface area contributed by atoms with Crippen LogP contribution >= 0.6 is 0 Å². The van der Waals surface area contributed by atoms with Crippen LogP contribution in [0.15, 0.2) is 24.3 Å². The van der Waals surface area contributed by atoms with Gasteiger partial charge in [0.2, 0.25) is 0 Å². The molecule has 1 aliphatic heterocycles. The van der Waals surface area contributed by atoms with Crippen molar-refractivity contribution >= 4 is 0 Å². The summed E-state index contributed by atoms with van der Waals surface area (Å²) in [7, 11) is 0. The number of hydrogen-bond acceptors (Lipinski definition) is 3. The largest absolute Gasteiger partial charge is 0.488 e. The molecule has 3 nitrogen and oxygen atoms in total. The van der Waals surface area contributed by atoms with Crippen LogP contribution < -0.4 is 4.74 Å². The van der Waals surface area contributed by atoms with Crippen molar-refractivity contribution < 1.29 is 4.74 Å². The van der Waals surface area contributed by atoms with Gasteiger partial charge < -0.3 is 4.74 Å². The molecule has 1 atom stereocenters. The molecule has 0 saturated heterocycles. The van der Waals surface area contributed by atoms with Gasteiger partial charge in [-0.3, -0.25) is 4.90 Å². The van der Waals surface area contributed by atoms with Crippen molar-refractivity contribution in [2.45, 2.75) is 32.8 Å². The molecule has 1 aliphatic rings. The molecule has 0 aromatic heterocycles. The van der Waals surface area contributed by atoms with Crippen molar-refractivity contribution in [2.75, 3.05) is 19.6 Å². The van der Waals surface area contributed by atoms with Crippen molar-refractivity contribution in [3.63, 3.8) is 0 Å². The summed E-state index contributed by atoms with van der Waals surface area (Å²) in [5.74, 6) is 1.64. The van der Waals surface area contributed by atoms with Crippen LogP contribution in [-0.2, 0) is 6.42 Å². The Kier molecular flexibility index (Phi) is 4.81. The summed E-state index contributed by atoms with van der Waals surface area (Å²) in [5, 5.41) is 8.74. The molecule has 102 valence electrons. The number of para-hydroxylation sites is 1. The van der Waals surface area contributed by atoms with E-state index in [9.17, 15) is 0 Å². The Morgan fingerprint density at radius 2 is 2.21 bits per heavy atom. The van der Waals surface area contributed by atoms with Crippen molar-refractivity contribution in [1.82, 2.24) is 4.90 Å². The zero-order valence-electron chi connectivity index (χ0n) is 11.8. The Morgan fingerprint density at radius 1 is 1.42 bits per heavy atom. The van der Waals surface area contributed by atoms with Gasteiger partial charge in [-0.05, 0) is 17.5 Å². The van der Waals surface area contributed by atoms with Gasteiger partial charge in [0.1, 0.15) is 11.9 Å². The summed E-state index contributed by atoms with van der Waals surface area (Å²) in [6.07, 6.45) is 1.80. The van der Waals surface area contributed by atoms with Crippen LogP contribution in [0.3, 0.4) is 0 Å². The normalized spacial score (nSPS) is 17.3. The second-order valence-electron chi connectivity index (χ2n) is 5.61. The SMILES string of the molecule is CC(C)CN(CCC#N)CC1Cc2ccccc2O1. The van der Waals surface area contributed by atoms with E-state index in [0.717, 1.165) is 31.8 Å². The molecule has 0 saturated carbocycles. The summed E-state index contributed by atoms with van der Waals surface area (Å²) >= 11 is 0. The van der Waals surface area contributed by atoms with E-state index < -0.39 is 0 Å². The number of benzene rings is 1. The van der Waals surface area contributed by atoms with Gasteiger partial charge in [0.25, 0.3) is 0 Å². The molecule has 0 bridgehead atoms. The van der Waals surface area contributed by atoms with Crippen LogP contribution in [0.2, 0.25) is 0 Å². The molecule has 1 aromatic rings. The minimum absolute atomic E-state index is 0.231. The molecule has 0 fully saturated rings. The average Bonchev–Trinajstić information content (AvgIpc) is 2.77. The van der Waals surface area contributed by atoms with E-state index in [1.54, 1.807) is 0 Å². The molecular weight excluding hydrogens is 236 g/mol. The lowest BCUT2D eigenvalue weighted by Gasteiger charge is -2.26. The zero-order chi connectivity index (χ0) is 13.7. The molecule has 0 N–H and O–H groups in total. The predicted molar refractivity (Wildman–Crippen MR) is 76.1 cm³/mol. The highest BCUT2D eigenvalue weighted by Crippen LogP contribution is 2.28. The van der Waals surface area contributed by atoms with E-state index in [1.165, 1.54) is 5.56 Å².